The van der Waals surface area contributed by atoms with Crippen molar-refractivity contribution in [1.82, 2.24) is 0 Å². The summed E-state index contributed by atoms with van der Waals surface area (Å²) in [5.41, 5.74) is 10.4. The van der Waals surface area contributed by atoms with Crippen molar-refractivity contribution < 1.29 is 0 Å². The molecule has 196 valence electrons. The first-order valence-electron chi connectivity index (χ1n) is 8.52. The van der Waals surface area contributed by atoms with E-state index in [0.29, 0.717) is 0 Å². The molecular weight excluding hydrogens is 775 g/mol. The molecule has 0 aromatic rings. The summed E-state index contributed by atoms with van der Waals surface area (Å²) in [6, 6.07) is 0. The lowest BCUT2D eigenvalue weighted by molar-refractivity contribution is 0.0595. The van der Waals surface area contributed by atoms with Gasteiger partial charge in [-0.1, -0.05) is 176 Å². The van der Waals surface area contributed by atoms with Crippen molar-refractivity contribution in [2.75, 3.05) is 0 Å². The van der Waals surface area contributed by atoms with Crippen LogP contribution < -0.4 is 11.5 Å². The molecular formula is C15H14Cl16N2. The van der Waals surface area contributed by atoms with Gasteiger partial charge in [0.1, 0.15) is 0 Å². The highest BCUT2D eigenvalue weighted by atomic mass is 35.6. The van der Waals surface area contributed by atoms with Crippen molar-refractivity contribution in [3.63, 3.8) is 0 Å². The fraction of sp³-hybridized carbons (Fsp3) is 1.00. The molecule has 0 amide bonds. The lowest BCUT2D eigenvalue weighted by Gasteiger charge is -2.69. The summed E-state index contributed by atoms with van der Waals surface area (Å²) in [4.78, 5) is -8.88. The van der Waals surface area contributed by atoms with Gasteiger partial charge < -0.3 is 11.5 Å². The second kappa shape index (κ2) is 8.78. The second-order valence-electron chi connectivity index (χ2n) is 8.71. The lowest BCUT2D eigenvalue weighted by atomic mass is 9.57. The van der Waals surface area contributed by atoms with Gasteiger partial charge in [-0.15, -0.1) is 23.2 Å². The normalized spacial score (nSPS) is 45.5. The molecule has 0 saturated heterocycles. The van der Waals surface area contributed by atoms with Crippen LogP contribution in [0, 0.1) is 5.41 Å². The van der Waals surface area contributed by atoms with Crippen LogP contribution >= 0.6 is 186 Å². The van der Waals surface area contributed by atoms with E-state index in [1.54, 1.807) is 0 Å². The maximum atomic E-state index is 7.11. The maximum absolute atomic E-state index is 7.11. The molecule has 18 heteroatoms. The van der Waals surface area contributed by atoms with Gasteiger partial charge >= 0.3 is 0 Å². The van der Waals surface area contributed by atoms with E-state index in [2.05, 4.69) is 0 Å². The molecule has 0 aromatic carbocycles. The van der Waals surface area contributed by atoms with E-state index in [9.17, 15) is 0 Å². The Balaban J connectivity index is 2.91. The third-order valence-electron chi connectivity index (χ3n) is 6.68. The number of hydrogen-bond donors (Lipinski definition) is 2. The number of nitrogens with two attached hydrogens (primary N) is 2. The average molecular weight is 790 g/mol. The number of alkyl halides is 16. The van der Waals surface area contributed by atoms with Crippen LogP contribution in [0.3, 0.4) is 0 Å². The van der Waals surface area contributed by atoms with Crippen molar-refractivity contribution in [3.05, 3.63) is 0 Å². The standard InChI is InChI=1S/C15H14Cl16N2/c1-5(2,6(16)3-8(18,19)14(30,32)12(26,27)10(6,22)23)7(17)4-9(20,21)15(31,33)13(28,29)11(7,24)25/h3-4,32-33H2,1-2H3. The maximum Gasteiger partial charge on any atom is 0.187 e. The van der Waals surface area contributed by atoms with Gasteiger partial charge in [-0.25, -0.2) is 0 Å². The largest absolute Gasteiger partial charge is 0.308 e. The lowest BCUT2D eigenvalue weighted by Crippen LogP contribution is -2.84. The quantitative estimate of drug-likeness (QED) is 0.217. The van der Waals surface area contributed by atoms with Gasteiger partial charge in [-0.3, -0.25) is 0 Å². The average Bonchev–Trinajstić information content (AvgIpc) is 2.57. The molecule has 0 bridgehead atoms. The zero-order valence-corrected chi connectivity index (χ0v) is 28.2. The molecule has 0 radical (unpaired) electrons. The zero-order valence-electron chi connectivity index (χ0n) is 16.1. The predicted octanol–water partition coefficient (Wildman–Crippen LogP) is 9.61. The topological polar surface area (TPSA) is 52.0 Å². The highest BCUT2D eigenvalue weighted by Gasteiger charge is 2.87. The fourth-order valence-electron chi connectivity index (χ4n) is 4.05. The highest BCUT2D eigenvalue weighted by Crippen LogP contribution is 2.79. The van der Waals surface area contributed by atoms with E-state index in [1.807, 2.05) is 0 Å². The first-order chi connectivity index (χ1) is 13.9. The number of halogens is 16. The van der Waals surface area contributed by atoms with Gasteiger partial charge in [-0.2, -0.15) is 0 Å². The minimum Gasteiger partial charge on any atom is -0.308 e. The molecule has 2 fully saturated rings. The van der Waals surface area contributed by atoms with E-state index < -0.39 is 64.0 Å². The minimum absolute atomic E-state index is 0.562. The molecule has 33 heavy (non-hydrogen) atoms. The molecule has 4 unspecified atom stereocenters. The van der Waals surface area contributed by atoms with E-state index >= 15 is 0 Å². The molecule has 2 aliphatic carbocycles. The van der Waals surface area contributed by atoms with Gasteiger partial charge in [0.15, 0.2) is 36.0 Å². The van der Waals surface area contributed by atoms with Gasteiger partial charge in [0.05, 0.1) is 9.75 Å². The van der Waals surface area contributed by atoms with E-state index in [-0.39, 0.29) is 0 Å². The fourth-order valence-corrected chi connectivity index (χ4v) is 11.0. The molecule has 0 aromatic heterocycles. The van der Waals surface area contributed by atoms with Crippen molar-refractivity contribution >= 4 is 186 Å². The zero-order chi connectivity index (χ0) is 26.9. The molecule has 2 aliphatic rings. The van der Waals surface area contributed by atoms with Crippen LogP contribution in [0.2, 0.25) is 0 Å². The first-order valence-corrected chi connectivity index (χ1v) is 14.6. The van der Waals surface area contributed by atoms with Gasteiger partial charge in [0.25, 0.3) is 0 Å². The Hall–Kier alpha value is 4.56. The number of hydrogen-bond acceptors (Lipinski definition) is 2. The third kappa shape index (κ3) is 3.85. The molecule has 4 atom stereocenters. The summed E-state index contributed by atoms with van der Waals surface area (Å²) < 4.78 is -14.2. The SMILES string of the molecule is CC(C)(C1(Cl)CC(Cl)(Cl)C(N)(Cl)C(Cl)(Cl)C1(Cl)Cl)C1(Cl)CC(Cl)(Cl)C(N)(Cl)C(Cl)(Cl)C1(Cl)Cl. The minimum atomic E-state index is -2.50. The summed E-state index contributed by atoms with van der Waals surface area (Å²) in [5, 5.41) is 0. The van der Waals surface area contributed by atoms with Crippen LogP contribution in [0.4, 0.5) is 0 Å². The molecule has 0 aliphatic heterocycles. The summed E-state index contributed by atoms with van der Waals surface area (Å²) in [6.45, 7) is 2.87. The Labute approximate surface area is 271 Å². The Morgan fingerprint density at radius 2 is 0.667 bits per heavy atom. The van der Waals surface area contributed by atoms with Crippen LogP contribution in [0.5, 0.6) is 0 Å². The van der Waals surface area contributed by atoms with Crippen molar-refractivity contribution in [2.24, 2.45) is 16.9 Å². The van der Waals surface area contributed by atoms with Crippen molar-refractivity contribution in [2.45, 2.75) is 72.4 Å². The van der Waals surface area contributed by atoms with E-state index in [0.717, 1.165) is 0 Å². The van der Waals surface area contributed by atoms with Gasteiger partial charge in [-0.05, 0) is 0 Å². The third-order valence-corrected chi connectivity index (χ3v) is 18.1. The Morgan fingerprint density at radius 1 is 0.455 bits per heavy atom. The van der Waals surface area contributed by atoms with Gasteiger partial charge in [0, 0.05) is 18.3 Å². The number of rotatable bonds is 2. The Morgan fingerprint density at radius 3 is 0.879 bits per heavy atom. The predicted molar refractivity (Wildman–Crippen MR) is 152 cm³/mol. The smallest absolute Gasteiger partial charge is 0.187 e. The second-order valence-corrected chi connectivity index (χ2v) is 19.5. The highest BCUT2D eigenvalue weighted by molar-refractivity contribution is 6.72. The summed E-state index contributed by atoms with van der Waals surface area (Å²) in [7, 11) is 0. The molecule has 2 rings (SSSR count). The summed E-state index contributed by atoms with van der Waals surface area (Å²) in [5.74, 6) is 0. The van der Waals surface area contributed by atoms with Crippen LogP contribution in [0.1, 0.15) is 26.7 Å². The van der Waals surface area contributed by atoms with E-state index in [4.69, 9.17) is 197 Å². The molecule has 2 nitrogen and oxygen atoms in total. The Bertz CT molecular complexity index is 768. The molecule has 2 saturated carbocycles. The van der Waals surface area contributed by atoms with Crippen LogP contribution in [0.25, 0.3) is 0 Å². The van der Waals surface area contributed by atoms with Crippen molar-refractivity contribution in [1.29, 1.82) is 0 Å². The summed E-state index contributed by atoms with van der Waals surface area (Å²) in [6.07, 6.45) is -1.12. The molecule has 0 spiro atoms. The first kappa shape index (κ1) is 33.8. The van der Waals surface area contributed by atoms with Crippen LogP contribution in [-0.4, -0.2) is 45.7 Å². The van der Waals surface area contributed by atoms with Crippen LogP contribution in [-0.2, 0) is 0 Å². The monoisotopic (exact) mass is 782 g/mol. The Kier molecular flexibility index (Phi) is 8.98. The van der Waals surface area contributed by atoms with Gasteiger partial charge in [0.2, 0.25) is 0 Å². The van der Waals surface area contributed by atoms with Crippen molar-refractivity contribution in [3.8, 4) is 0 Å². The summed E-state index contributed by atoms with van der Waals surface area (Å²) >= 11 is 105. The van der Waals surface area contributed by atoms with Crippen LogP contribution in [0.15, 0.2) is 0 Å². The molecule has 0 heterocycles. The molecule has 4 N–H and O–H groups in total. The van der Waals surface area contributed by atoms with E-state index in [1.165, 1.54) is 13.8 Å².